The Kier molecular flexibility index (Phi) is 5.42. The van der Waals surface area contributed by atoms with Gasteiger partial charge in [-0.2, -0.15) is 0 Å². The zero-order valence-corrected chi connectivity index (χ0v) is 11.2. The van der Waals surface area contributed by atoms with E-state index in [4.69, 9.17) is 10.5 Å². The van der Waals surface area contributed by atoms with Gasteiger partial charge >= 0.3 is 0 Å². The Morgan fingerprint density at radius 2 is 2.06 bits per heavy atom. The molecule has 1 aromatic rings. The number of ether oxygens (including phenoxy) is 1. The van der Waals surface area contributed by atoms with E-state index in [1.165, 1.54) is 0 Å². The van der Waals surface area contributed by atoms with Gasteiger partial charge in [-0.05, 0) is 17.7 Å². The Bertz CT molecular complexity index is 392. The molecule has 0 spiro atoms. The van der Waals surface area contributed by atoms with Gasteiger partial charge in [-0.1, -0.05) is 30.0 Å². The fourth-order valence-corrected chi connectivity index (χ4v) is 1.79. The Balaban J connectivity index is 0.00000128. The van der Waals surface area contributed by atoms with Crippen LogP contribution in [0.1, 0.15) is 0 Å². The van der Waals surface area contributed by atoms with Crippen molar-refractivity contribution in [1.29, 1.82) is 0 Å². The molecule has 0 aromatic heterocycles. The van der Waals surface area contributed by atoms with Crippen molar-refractivity contribution in [3.63, 3.8) is 0 Å². The summed E-state index contributed by atoms with van der Waals surface area (Å²) in [5.74, 6) is 1.74. The minimum absolute atomic E-state index is 0. The second-order valence-electron chi connectivity index (χ2n) is 3.15. The van der Waals surface area contributed by atoms with Crippen molar-refractivity contribution >= 4 is 33.9 Å². The second-order valence-corrected chi connectivity index (χ2v) is 4.14. The van der Waals surface area contributed by atoms with Gasteiger partial charge in [0, 0.05) is 12.0 Å². The van der Waals surface area contributed by atoms with Crippen LogP contribution in [0, 0.1) is 0 Å². The van der Waals surface area contributed by atoms with Gasteiger partial charge in [0.25, 0.3) is 0 Å². The summed E-state index contributed by atoms with van der Waals surface area (Å²) in [7, 11) is 0. The Labute approximate surface area is 110 Å². The normalized spacial score (nSPS) is 14.5. The van der Waals surface area contributed by atoms with E-state index in [-0.39, 0.29) is 17.0 Å². The quantitative estimate of drug-likeness (QED) is 0.933. The SMILES string of the molecule is Br.NC1=NC=C(COc2ccccc2)CS1. The van der Waals surface area contributed by atoms with Gasteiger partial charge in [0.15, 0.2) is 5.17 Å². The number of benzene rings is 1. The van der Waals surface area contributed by atoms with E-state index in [1.807, 2.05) is 30.3 Å². The molecule has 0 fully saturated rings. The topological polar surface area (TPSA) is 47.6 Å². The van der Waals surface area contributed by atoms with E-state index in [9.17, 15) is 0 Å². The van der Waals surface area contributed by atoms with E-state index in [1.54, 1.807) is 18.0 Å². The van der Waals surface area contributed by atoms with Gasteiger partial charge in [0.05, 0.1) is 0 Å². The lowest BCUT2D eigenvalue weighted by atomic mass is 10.3. The number of rotatable bonds is 3. The minimum Gasteiger partial charge on any atom is -0.489 e. The number of halogens is 1. The Morgan fingerprint density at radius 1 is 1.31 bits per heavy atom. The van der Waals surface area contributed by atoms with Crippen LogP contribution in [0.3, 0.4) is 0 Å². The molecule has 0 aliphatic carbocycles. The van der Waals surface area contributed by atoms with Crippen molar-refractivity contribution in [2.75, 3.05) is 12.4 Å². The highest BCUT2D eigenvalue weighted by molar-refractivity contribution is 8.93. The average molecular weight is 301 g/mol. The molecular weight excluding hydrogens is 288 g/mol. The summed E-state index contributed by atoms with van der Waals surface area (Å²) >= 11 is 1.54. The third-order valence-electron chi connectivity index (χ3n) is 1.95. The molecular formula is C11H13BrN2OS. The van der Waals surface area contributed by atoms with Crippen LogP contribution in [0.2, 0.25) is 0 Å². The lowest BCUT2D eigenvalue weighted by molar-refractivity contribution is 0.352. The largest absolute Gasteiger partial charge is 0.489 e. The van der Waals surface area contributed by atoms with Crippen molar-refractivity contribution in [3.8, 4) is 5.75 Å². The fraction of sp³-hybridized carbons (Fsp3) is 0.182. The van der Waals surface area contributed by atoms with E-state index in [0.29, 0.717) is 11.8 Å². The molecule has 0 saturated carbocycles. The van der Waals surface area contributed by atoms with Crippen molar-refractivity contribution in [3.05, 3.63) is 42.1 Å². The lowest BCUT2D eigenvalue weighted by Gasteiger charge is -2.11. The van der Waals surface area contributed by atoms with Crippen LogP contribution in [-0.2, 0) is 0 Å². The summed E-state index contributed by atoms with van der Waals surface area (Å²) < 4.78 is 5.59. The maximum atomic E-state index is 5.59. The second kappa shape index (κ2) is 6.60. The Morgan fingerprint density at radius 3 is 2.69 bits per heavy atom. The summed E-state index contributed by atoms with van der Waals surface area (Å²) in [6.45, 7) is 0.577. The summed E-state index contributed by atoms with van der Waals surface area (Å²) in [5.41, 5.74) is 6.68. The highest BCUT2D eigenvalue weighted by Gasteiger charge is 2.06. The summed E-state index contributed by atoms with van der Waals surface area (Å²) in [4.78, 5) is 4.04. The lowest BCUT2D eigenvalue weighted by Crippen LogP contribution is -2.13. The van der Waals surface area contributed by atoms with Crippen molar-refractivity contribution in [2.45, 2.75) is 0 Å². The van der Waals surface area contributed by atoms with E-state index in [2.05, 4.69) is 4.99 Å². The molecule has 1 heterocycles. The standard InChI is InChI=1S/C11H12N2OS.BrH/c12-11-13-6-9(8-15-11)7-14-10-4-2-1-3-5-10;/h1-6H,7-8H2,(H2,12,13);1H. The summed E-state index contributed by atoms with van der Waals surface area (Å²) in [6, 6.07) is 9.75. The van der Waals surface area contributed by atoms with Crippen molar-refractivity contribution < 1.29 is 4.74 Å². The highest BCUT2D eigenvalue weighted by atomic mass is 79.9. The van der Waals surface area contributed by atoms with E-state index >= 15 is 0 Å². The molecule has 86 valence electrons. The predicted molar refractivity (Wildman–Crippen MR) is 74.4 cm³/mol. The third kappa shape index (κ3) is 3.90. The number of amidine groups is 1. The molecule has 1 aromatic carbocycles. The number of para-hydroxylation sites is 1. The number of hydrogen-bond donors (Lipinski definition) is 1. The van der Waals surface area contributed by atoms with Gasteiger partial charge in [0.1, 0.15) is 12.4 Å². The van der Waals surface area contributed by atoms with E-state index < -0.39 is 0 Å². The van der Waals surface area contributed by atoms with Gasteiger partial charge in [0.2, 0.25) is 0 Å². The maximum Gasteiger partial charge on any atom is 0.158 e. The number of nitrogens with zero attached hydrogens (tertiary/aromatic N) is 1. The summed E-state index contributed by atoms with van der Waals surface area (Å²) in [5, 5.41) is 0.624. The molecule has 2 rings (SSSR count). The van der Waals surface area contributed by atoms with Crippen LogP contribution in [0.15, 0.2) is 47.1 Å². The van der Waals surface area contributed by atoms with Crippen LogP contribution >= 0.6 is 28.7 Å². The molecule has 3 nitrogen and oxygen atoms in total. The fourth-order valence-electron chi connectivity index (χ4n) is 1.17. The van der Waals surface area contributed by atoms with Gasteiger partial charge in [-0.3, -0.25) is 0 Å². The van der Waals surface area contributed by atoms with Crippen molar-refractivity contribution in [1.82, 2.24) is 0 Å². The summed E-state index contributed by atoms with van der Waals surface area (Å²) in [6.07, 6.45) is 1.79. The molecule has 0 atom stereocenters. The highest BCUT2D eigenvalue weighted by Crippen LogP contribution is 2.16. The molecule has 5 heteroatoms. The Hall–Kier alpha value is -0.940. The first-order chi connectivity index (χ1) is 7.34. The average Bonchev–Trinajstić information content (AvgIpc) is 2.30. The van der Waals surface area contributed by atoms with Crippen LogP contribution in [0.25, 0.3) is 0 Å². The van der Waals surface area contributed by atoms with Gasteiger partial charge in [-0.15, -0.1) is 17.0 Å². The molecule has 0 radical (unpaired) electrons. The predicted octanol–water partition coefficient (Wildman–Crippen LogP) is 2.59. The zero-order chi connectivity index (χ0) is 10.5. The number of thioether (sulfide) groups is 1. The molecule has 0 amide bonds. The van der Waals surface area contributed by atoms with Crippen molar-refractivity contribution in [2.24, 2.45) is 10.7 Å². The number of hydrogen-bond acceptors (Lipinski definition) is 4. The zero-order valence-electron chi connectivity index (χ0n) is 8.63. The first-order valence-corrected chi connectivity index (χ1v) is 5.65. The molecule has 1 aliphatic heterocycles. The molecule has 0 bridgehead atoms. The molecule has 0 unspecified atom stereocenters. The molecule has 0 saturated heterocycles. The minimum atomic E-state index is 0. The van der Waals surface area contributed by atoms with Crippen LogP contribution in [-0.4, -0.2) is 17.5 Å². The molecule has 2 N–H and O–H groups in total. The number of nitrogens with two attached hydrogens (primary N) is 1. The molecule has 1 aliphatic rings. The maximum absolute atomic E-state index is 5.59. The van der Waals surface area contributed by atoms with Gasteiger partial charge in [-0.25, -0.2) is 4.99 Å². The van der Waals surface area contributed by atoms with E-state index in [0.717, 1.165) is 17.1 Å². The van der Waals surface area contributed by atoms with Crippen LogP contribution in [0.4, 0.5) is 0 Å². The smallest absolute Gasteiger partial charge is 0.158 e. The molecule has 16 heavy (non-hydrogen) atoms. The first kappa shape index (κ1) is 13.1. The third-order valence-corrected chi connectivity index (χ3v) is 2.86. The monoisotopic (exact) mass is 300 g/mol. The van der Waals surface area contributed by atoms with Crippen LogP contribution in [0.5, 0.6) is 5.75 Å². The van der Waals surface area contributed by atoms with Crippen LogP contribution < -0.4 is 10.5 Å². The first-order valence-electron chi connectivity index (χ1n) is 4.66. The van der Waals surface area contributed by atoms with Gasteiger partial charge < -0.3 is 10.5 Å². The number of aliphatic imine (C=N–C) groups is 1.